The first-order chi connectivity index (χ1) is 14.7. The standard InChI is InChI=1S/C23H25N5O2/c1-2-30-20-8-7-14(13-25-20)22-27-19-6-4-3-5-18(19)21(28-22)23(29)26-17-9-15-11-24-12-16(15)10-17/h3-8,13,15-17,24H,2,9-12H2,1H3,(H,26,29)/t15-,16+,17?. The zero-order valence-electron chi connectivity index (χ0n) is 17.0. The normalized spacial score (nSPS) is 22.8. The van der Waals surface area contributed by atoms with Gasteiger partial charge in [0.25, 0.3) is 5.91 Å². The summed E-state index contributed by atoms with van der Waals surface area (Å²) in [6.45, 7) is 4.59. The minimum Gasteiger partial charge on any atom is -0.478 e. The molecule has 0 bridgehead atoms. The molecule has 2 aromatic heterocycles. The van der Waals surface area contributed by atoms with Crippen LogP contribution in [0.5, 0.6) is 5.88 Å². The van der Waals surface area contributed by atoms with Gasteiger partial charge in [-0.25, -0.2) is 15.0 Å². The van der Waals surface area contributed by atoms with Crippen LogP contribution in [0.15, 0.2) is 42.6 Å². The number of fused-ring (bicyclic) bond motifs is 2. The Bertz CT molecular complexity index is 1060. The van der Waals surface area contributed by atoms with E-state index in [0.717, 1.165) is 42.4 Å². The van der Waals surface area contributed by atoms with Gasteiger partial charge in [-0.05, 0) is 56.8 Å². The third kappa shape index (κ3) is 3.61. The van der Waals surface area contributed by atoms with Crippen molar-refractivity contribution in [3.05, 3.63) is 48.3 Å². The minimum atomic E-state index is -0.133. The lowest BCUT2D eigenvalue weighted by molar-refractivity contribution is 0.0933. The van der Waals surface area contributed by atoms with E-state index < -0.39 is 0 Å². The number of amides is 1. The summed E-state index contributed by atoms with van der Waals surface area (Å²) in [4.78, 5) is 26.8. The van der Waals surface area contributed by atoms with Gasteiger partial charge in [0, 0.05) is 29.3 Å². The number of rotatable bonds is 5. The molecule has 3 atom stereocenters. The Balaban J connectivity index is 1.45. The van der Waals surface area contributed by atoms with Crippen LogP contribution in [0, 0.1) is 11.8 Å². The van der Waals surface area contributed by atoms with Gasteiger partial charge >= 0.3 is 0 Å². The third-order valence-electron chi connectivity index (χ3n) is 6.09. The number of nitrogens with zero attached hydrogens (tertiary/aromatic N) is 3. The van der Waals surface area contributed by atoms with Gasteiger partial charge in [-0.1, -0.05) is 18.2 Å². The van der Waals surface area contributed by atoms with Gasteiger partial charge in [0.1, 0.15) is 5.69 Å². The van der Waals surface area contributed by atoms with E-state index in [0.29, 0.717) is 35.8 Å². The van der Waals surface area contributed by atoms with E-state index in [1.807, 2.05) is 37.3 Å². The van der Waals surface area contributed by atoms with Crippen molar-refractivity contribution in [2.45, 2.75) is 25.8 Å². The highest BCUT2D eigenvalue weighted by Gasteiger charge is 2.38. The summed E-state index contributed by atoms with van der Waals surface area (Å²) < 4.78 is 5.41. The van der Waals surface area contributed by atoms with Crippen molar-refractivity contribution in [3.63, 3.8) is 0 Å². The fraction of sp³-hybridized carbons (Fsp3) is 0.391. The molecule has 7 nitrogen and oxygen atoms in total. The number of nitrogens with one attached hydrogen (secondary N) is 2. The quantitative estimate of drug-likeness (QED) is 0.681. The number of ether oxygens (including phenoxy) is 1. The fourth-order valence-corrected chi connectivity index (χ4v) is 4.66. The van der Waals surface area contributed by atoms with Crippen molar-refractivity contribution >= 4 is 16.8 Å². The largest absolute Gasteiger partial charge is 0.478 e. The van der Waals surface area contributed by atoms with E-state index in [1.165, 1.54) is 0 Å². The summed E-state index contributed by atoms with van der Waals surface area (Å²) in [5.74, 6) is 2.25. The van der Waals surface area contributed by atoms with Crippen LogP contribution in [-0.4, -0.2) is 46.6 Å². The number of para-hydroxylation sites is 1. The Morgan fingerprint density at radius 1 is 1.13 bits per heavy atom. The summed E-state index contributed by atoms with van der Waals surface area (Å²) in [7, 11) is 0. The Morgan fingerprint density at radius 2 is 1.93 bits per heavy atom. The van der Waals surface area contributed by atoms with Crippen LogP contribution >= 0.6 is 0 Å². The van der Waals surface area contributed by atoms with E-state index >= 15 is 0 Å². The van der Waals surface area contributed by atoms with Crippen LogP contribution in [0.1, 0.15) is 30.3 Å². The number of aromatic nitrogens is 3. The lowest BCUT2D eigenvalue weighted by Crippen LogP contribution is -2.35. The van der Waals surface area contributed by atoms with E-state index in [4.69, 9.17) is 4.74 Å². The number of hydrogen-bond acceptors (Lipinski definition) is 6. The zero-order chi connectivity index (χ0) is 20.5. The Morgan fingerprint density at radius 3 is 2.67 bits per heavy atom. The number of carbonyl (C=O) groups is 1. The maximum absolute atomic E-state index is 13.2. The Hall–Kier alpha value is -3.06. The van der Waals surface area contributed by atoms with E-state index in [2.05, 4.69) is 25.6 Å². The van der Waals surface area contributed by atoms with Gasteiger partial charge in [-0.15, -0.1) is 0 Å². The molecule has 2 aliphatic rings. The maximum atomic E-state index is 13.2. The summed E-state index contributed by atoms with van der Waals surface area (Å²) in [6.07, 6.45) is 3.74. The van der Waals surface area contributed by atoms with Crippen molar-refractivity contribution in [1.82, 2.24) is 25.6 Å². The molecule has 3 aromatic rings. The van der Waals surface area contributed by atoms with Crippen molar-refractivity contribution in [2.24, 2.45) is 11.8 Å². The first-order valence-corrected chi connectivity index (χ1v) is 10.6. The Kier molecular flexibility index (Phi) is 5.04. The lowest BCUT2D eigenvalue weighted by atomic mass is 10.0. The second-order valence-corrected chi connectivity index (χ2v) is 8.05. The lowest BCUT2D eigenvalue weighted by Gasteiger charge is -2.15. The molecule has 2 N–H and O–H groups in total. The van der Waals surface area contributed by atoms with E-state index in [-0.39, 0.29) is 11.9 Å². The molecule has 30 heavy (non-hydrogen) atoms. The van der Waals surface area contributed by atoms with Crippen LogP contribution in [0.4, 0.5) is 0 Å². The number of benzene rings is 1. The molecule has 2 fully saturated rings. The molecular formula is C23H25N5O2. The van der Waals surface area contributed by atoms with Crippen LogP contribution in [0.3, 0.4) is 0 Å². The molecule has 3 heterocycles. The first-order valence-electron chi connectivity index (χ1n) is 10.6. The molecular weight excluding hydrogens is 378 g/mol. The second kappa shape index (κ2) is 7.99. The summed E-state index contributed by atoms with van der Waals surface area (Å²) in [5.41, 5.74) is 1.91. The van der Waals surface area contributed by atoms with Gasteiger partial charge < -0.3 is 15.4 Å². The molecule has 0 spiro atoms. The predicted molar refractivity (Wildman–Crippen MR) is 114 cm³/mol. The summed E-state index contributed by atoms with van der Waals surface area (Å²) >= 11 is 0. The second-order valence-electron chi connectivity index (χ2n) is 8.05. The number of hydrogen-bond donors (Lipinski definition) is 2. The van der Waals surface area contributed by atoms with E-state index in [9.17, 15) is 4.79 Å². The molecule has 1 saturated heterocycles. The first kappa shape index (κ1) is 18.9. The van der Waals surface area contributed by atoms with E-state index in [1.54, 1.807) is 12.3 Å². The average Bonchev–Trinajstić information content (AvgIpc) is 3.35. The molecule has 7 heteroatoms. The molecule has 1 aliphatic heterocycles. The SMILES string of the molecule is CCOc1ccc(-c2nc(C(=O)NC3C[C@H]4CNC[C@H]4C3)c3ccccc3n2)cn1. The minimum absolute atomic E-state index is 0.133. The molecule has 1 aromatic carbocycles. The van der Waals surface area contributed by atoms with Crippen molar-refractivity contribution < 1.29 is 9.53 Å². The van der Waals surface area contributed by atoms with Crippen molar-refractivity contribution in [3.8, 4) is 17.3 Å². The van der Waals surface area contributed by atoms with Gasteiger partial charge in [-0.3, -0.25) is 4.79 Å². The molecule has 5 rings (SSSR count). The van der Waals surface area contributed by atoms with Gasteiger partial charge in [0.15, 0.2) is 5.82 Å². The van der Waals surface area contributed by atoms with Crippen molar-refractivity contribution in [1.29, 1.82) is 0 Å². The molecule has 1 amide bonds. The van der Waals surface area contributed by atoms with Crippen LogP contribution in [0.2, 0.25) is 0 Å². The van der Waals surface area contributed by atoms with Crippen LogP contribution < -0.4 is 15.4 Å². The number of pyridine rings is 1. The predicted octanol–water partition coefficient (Wildman–Crippen LogP) is 2.82. The summed E-state index contributed by atoms with van der Waals surface area (Å²) in [5, 5.41) is 7.43. The summed E-state index contributed by atoms with van der Waals surface area (Å²) in [6, 6.07) is 11.5. The smallest absolute Gasteiger partial charge is 0.270 e. The average molecular weight is 403 g/mol. The highest BCUT2D eigenvalue weighted by atomic mass is 16.5. The Labute approximate surface area is 175 Å². The van der Waals surface area contributed by atoms with Crippen LogP contribution in [-0.2, 0) is 0 Å². The monoisotopic (exact) mass is 403 g/mol. The topological polar surface area (TPSA) is 89.0 Å². The van der Waals surface area contributed by atoms with Gasteiger partial charge in [0.2, 0.25) is 5.88 Å². The maximum Gasteiger partial charge on any atom is 0.270 e. The van der Waals surface area contributed by atoms with Gasteiger partial charge in [0.05, 0.1) is 12.1 Å². The molecule has 1 aliphatic carbocycles. The third-order valence-corrected chi connectivity index (χ3v) is 6.09. The molecule has 1 unspecified atom stereocenters. The fourth-order valence-electron chi connectivity index (χ4n) is 4.66. The van der Waals surface area contributed by atoms with Crippen molar-refractivity contribution in [2.75, 3.05) is 19.7 Å². The van der Waals surface area contributed by atoms with Crippen LogP contribution in [0.25, 0.3) is 22.3 Å². The molecule has 154 valence electrons. The molecule has 1 saturated carbocycles. The highest BCUT2D eigenvalue weighted by Crippen LogP contribution is 2.34. The van der Waals surface area contributed by atoms with Gasteiger partial charge in [-0.2, -0.15) is 0 Å². The zero-order valence-corrected chi connectivity index (χ0v) is 17.0. The highest BCUT2D eigenvalue weighted by molar-refractivity contribution is 6.05. The molecule has 0 radical (unpaired) electrons. The number of carbonyl (C=O) groups excluding carboxylic acids is 1.